The normalized spacial score (nSPS) is 14.6. The molecular formula is C21H24FN3O2S. The van der Waals surface area contributed by atoms with Crippen molar-refractivity contribution in [1.82, 2.24) is 9.80 Å². The number of ether oxygens (including phenoxy) is 1. The molecule has 1 aliphatic heterocycles. The van der Waals surface area contributed by atoms with E-state index in [1.807, 2.05) is 24.3 Å². The zero-order valence-electron chi connectivity index (χ0n) is 15.9. The van der Waals surface area contributed by atoms with Gasteiger partial charge < -0.3 is 19.9 Å². The monoisotopic (exact) mass is 401 g/mol. The molecule has 0 aromatic heterocycles. The topological polar surface area (TPSA) is 44.8 Å². The molecule has 1 fully saturated rings. The van der Waals surface area contributed by atoms with Crippen LogP contribution >= 0.6 is 12.2 Å². The lowest BCUT2D eigenvalue weighted by Gasteiger charge is -2.35. The Hall–Kier alpha value is -2.51. The first-order valence-electron chi connectivity index (χ1n) is 9.35. The number of piperazine rings is 1. The van der Waals surface area contributed by atoms with Crippen LogP contribution in [-0.2, 0) is 4.79 Å². The highest BCUT2D eigenvalue weighted by Crippen LogP contribution is 2.16. The van der Waals surface area contributed by atoms with Crippen LogP contribution < -0.4 is 10.1 Å². The van der Waals surface area contributed by atoms with Gasteiger partial charge in [-0.15, -0.1) is 0 Å². The molecule has 1 amide bonds. The Morgan fingerprint density at radius 3 is 2.32 bits per heavy atom. The average Bonchev–Trinajstić information content (AvgIpc) is 2.74. The minimum atomic E-state index is -0.348. The molecule has 2 aromatic rings. The highest BCUT2D eigenvalue weighted by atomic mass is 32.1. The number of carbonyl (C=O) groups is 1. The van der Waals surface area contributed by atoms with E-state index in [0.717, 1.165) is 43.3 Å². The first kappa shape index (κ1) is 20.2. The van der Waals surface area contributed by atoms with Gasteiger partial charge in [0.05, 0.1) is 0 Å². The molecular weight excluding hydrogens is 377 g/mol. The van der Waals surface area contributed by atoms with Crippen LogP contribution in [0, 0.1) is 5.82 Å². The van der Waals surface area contributed by atoms with Gasteiger partial charge in [0.2, 0.25) is 0 Å². The zero-order valence-corrected chi connectivity index (χ0v) is 16.7. The van der Waals surface area contributed by atoms with E-state index in [1.54, 1.807) is 0 Å². The molecule has 1 N–H and O–H groups in total. The minimum absolute atomic E-state index is 0.125. The number of hydrogen-bond acceptors (Lipinski definition) is 4. The third-order valence-electron chi connectivity index (χ3n) is 4.71. The Kier molecular flexibility index (Phi) is 6.95. The van der Waals surface area contributed by atoms with E-state index >= 15 is 0 Å². The molecule has 0 radical (unpaired) electrons. The number of carbonyl (C=O) groups excluding carboxylic acids is 1. The van der Waals surface area contributed by atoms with Gasteiger partial charge in [-0.2, -0.15) is 0 Å². The first-order valence-corrected chi connectivity index (χ1v) is 9.76. The molecule has 5 nitrogen and oxygen atoms in total. The molecule has 0 unspecified atom stereocenters. The van der Waals surface area contributed by atoms with E-state index < -0.39 is 0 Å². The zero-order chi connectivity index (χ0) is 19.9. The molecule has 7 heteroatoms. The Morgan fingerprint density at radius 2 is 1.71 bits per heavy atom. The Balaban J connectivity index is 1.48. The smallest absolute Gasteiger partial charge is 0.262 e. The molecule has 0 atom stereocenters. The summed E-state index contributed by atoms with van der Waals surface area (Å²) in [6.07, 6.45) is 0. The molecule has 1 aliphatic rings. The van der Waals surface area contributed by atoms with Gasteiger partial charge in [0.15, 0.2) is 6.61 Å². The number of rotatable bonds is 6. The summed E-state index contributed by atoms with van der Waals surface area (Å²) in [7, 11) is 0. The third kappa shape index (κ3) is 5.50. The van der Waals surface area contributed by atoms with Crippen LogP contribution in [0.5, 0.6) is 5.75 Å². The summed E-state index contributed by atoms with van der Waals surface area (Å²) < 4.78 is 18.4. The quantitative estimate of drug-likeness (QED) is 0.754. The van der Waals surface area contributed by atoms with Gasteiger partial charge in [0.25, 0.3) is 5.91 Å². The van der Waals surface area contributed by atoms with Crippen molar-refractivity contribution >= 4 is 28.8 Å². The van der Waals surface area contributed by atoms with Crippen molar-refractivity contribution < 1.29 is 13.9 Å². The molecule has 1 heterocycles. The van der Waals surface area contributed by atoms with E-state index in [4.69, 9.17) is 17.0 Å². The second-order valence-electron chi connectivity index (χ2n) is 6.59. The van der Waals surface area contributed by atoms with Crippen molar-refractivity contribution in [2.75, 3.05) is 44.6 Å². The van der Waals surface area contributed by atoms with Crippen LogP contribution in [-0.4, -0.2) is 60.0 Å². The number of nitrogens with one attached hydrogen (secondary N) is 1. The number of nitrogens with zero attached hydrogens (tertiary/aromatic N) is 2. The third-order valence-corrected chi connectivity index (χ3v) is 5.20. The predicted molar refractivity (Wildman–Crippen MR) is 112 cm³/mol. The molecule has 0 saturated carbocycles. The van der Waals surface area contributed by atoms with Crippen molar-refractivity contribution in [3.63, 3.8) is 0 Å². The highest BCUT2D eigenvalue weighted by molar-refractivity contribution is 7.80. The van der Waals surface area contributed by atoms with Crippen molar-refractivity contribution in [3.05, 3.63) is 59.9 Å². The summed E-state index contributed by atoms with van der Waals surface area (Å²) in [6, 6.07) is 13.1. The van der Waals surface area contributed by atoms with Gasteiger partial charge in [-0.1, -0.05) is 19.1 Å². The summed E-state index contributed by atoms with van der Waals surface area (Å²) in [4.78, 5) is 17.4. The van der Waals surface area contributed by atoms with Gasteiger partial charge >= 0.3 is 0 Å². The van der Waals surface area contributed by atoms with Crippen molar-refractivity contribution in [3.8, 4) is 5.75 Å². The van der Waals surface area contributed by atoms with Crippen LogP contribution in [0.1, 0.15) is 12.5 Å². The van der Waals surface area contributed by atoms with Gasteiger partial charge in [0, 0.05) is 37.4 Å². The van der Waals surface area contributed by atoms with Gasteiger partial charge in [-0.3, -0.25) is 4.79 Å². The maximum Gasteiger partial charge on any atom is 0.262 e. The largest absolute Gasteiger partial charge is 0.484 e. The highest BCUT2D eigenvalue weighted by Gasteiger charge is 2.18. The fourth-order valence-corrected chi connectivity index (χ4v) is 3.34. The molecule has 2 aromatic carbocycles. The van der Waals surface area contributed by atoms with E-state index in [1.165, 1.54) is 24.3 Å². The predicted octanol–water partition coefficient (Wildman–Crippen LogP) is 3.16. The van der Waals surface area contributed by atoms with E-state index in [0.29, 0.717) is 11.4 Å². The Bertz CT molecular complexity index is 803. The Morgan fingerprint density at radius 1 is 1.07 bits per heavy atom. The molecule has 0 aliphatic carbocycles. The minimum Gasteiger partial charge on any atom is -0.484 e. The molecule has 28 heavy (non-hydrogen) atoms. The fraction of sp³-hybridized carbons (Fsp3) is 0.333. The van der Waals surface area contributed by atoms with Crippen LogP contribution in [0.15, 0.2) is 48.5 Å². The lowest BCUT2D eigenvalue weighted by atomic mass is 10.2. The summed E-state index contributed by atoms with van der Waals surface area (Å²) in [5.74, 6) is -0.0592. The van der Waals surface area contributed by atoms with Gasteiger partial charge in [-0.05, 0) is 55.1 Å². The summed E-state index contributed by atoms with van der Waals surface area (Å²) >= 11 is 5.62. The van der Waals surface area contributed by atoms with Gasteiger partial charge in [-0.25, -0.2) is 4.39 Å². The van der Waals surface area contributed by atoms with E-state index in [9.17, 15) is 9.18 Å². The molecule has 1 saturated heterocycles. The molecule has 3 rings (SSSR count). The number of benzene rings is 2. The maximum absolute atomic E-state index is 12.9. The summed E-state index contributed by atoms with van der Waals surface area (Å²) in [5, 5.41) is 2.66. The van der Waals surface area contributed by atoms with Crippen molar-refractivity contribution in [2.45, 2.75) is 6.92 Å². The van der Waals surface area contributed by atoms with Crippen LogP contribution in [0.4, 0.5) is 10.1 Å². The first-order chi connectivity index (χ1) is 13.5. The Labute approximate surface area is 170 Å². The summed E-state index contributed by atoms with van der Waals surface area (Å²) in [6.45, 7) is 7.05. The van der Waals surface area contributed by atoms with E-state index in [2.05, 4.69) is 22.0 Å². The van der Waals surface area contributed by atoms with E-state index in [-0.39, 0.29) is 18.3 Å². The van der Waals surface area contributed by atoms with Crippen molar-refractivity contribution in [2.24, 2.45) is 0 Å². The van der Waals surface area contributed by atoms with Crippen LogP contribution in [0.3, 0.4) is 0 Å². The number of likely N-dealkylation sites (N-methyl/N-ethyl adjacent to an activating group) is 1. The molecule has 0 spiro atoms. The molecule has 148 valence electrons. The second-order valence-corrected chi connectivity index (χ2v) is 6.98. The number of thiocarbonyl (C=S) groups is 1. The van der Waals surface area contributed by atoms with Crippen LogP contribution in [0.25, 0.3) is 0 Å². The number of hydrogen-bond donors (Lipinski definition) is 1. The lowest BCUT2D eigenvalue weighted by molar-refractivity contribution is -0.118. The average molecular weight is 402 g/mol. The standard InChI is InChI=1S/C21H24FN3O2S/c1-2-24-11-13-25(14-12-24)21(28)16-3-9-19(10-4-16)27-15-20(26)23-18-7-5-17(22)6-8-18/h3-10H,2,11-15H2,1H3,(H,23,26). The lowest BCUT2D eigenvalue weighted by Crippen LogP contribution is -2.48. The second kappa shape index (κ2) is 9.61. The van der Waals surface area contributed by atoms with Crippen LogP contribution in [0.2, 0.25) is 0 Å². The van der Waals surface area contributed by atoms with Crippen molar-refractivity contribution in [1.29, 1.82) is 0 Å². The summed E-state index contributed by atoms with van der Waals surface area (Å²) in [5.41, 5.74) is 1.50. The van der Waals surface area contributed by atoms with Gasteiger partial charge in [0.1, 0.15) is 16.6 Å². The maximum atomic E-state index is 12.9. The molecule has 0 bridgehead atoms. The SMILES string of the molecule is CCN1CCN(C(=S)c2ccc(OCC(=O)Nc3ccc(F)cc3)cc2)CC1. The fourth-order valence-electron chi connectivity index (χ4n) is 3.02. The number of halogens is 1. The number of amides is 1. The number of anilines is 1.